The van der Waals surface area contributed by atoms with Crippen molar-refractivity contribution >= 4 is 11.9 Å². The molecule has 0 saturated heterocycles. The number of nitrogens with one attached hydrogen (secondary N) is 1. The lowest BCUT2D eigenvalue weighted by Gasteiger charge is -2.17. The summed E-state index contributed by atoms with van der Waals surface area (Å²) < 4.78 is 4.82. The predicted molar refractivity (Wildman–Crippen MR) is 93.7 cm³/mol. The Bertz CT molecular complexity index is 690. The number of carbonyl (C=O) groups excluding carboxylic acids is 2. The number of methoxy groups -OCH3 is 1. The molecule has 4 nitrogen and oxygen atoms in total. The Kier molecular flexibility index (Phi) is 6.13. The summed E-state index contributed by atoms with van der Waals surface area (Å²) in [6, 6.07) is 14.9. The maximum atomic E-state index is 12.3. The molecule has 0 aliphatic rings. The molecular formula is C20H23NO3. The van der Waals surface area contributed by atoms with Crippen molar-refractivity contribution in [2.24, 2.45) is 0 Å². The van der Waals surface area contributed by atoms with Crippen molar-refractivity contribution in [2.75, 3.05) is 7.11 Å². The molecule has 1 N–H and O–H groups in total. The van der Waals surface area contributed by atoms with E-state index < -0.39 is 12.0 Å². The van der Waals surface area contributed by atoms with Crippen molar-refractivity contribution in [1.82, 2.24) is 5.32 Å². The first kappa shape index (κ1) is 17.7. The molecule has 0 bridgehead atoms. The van der Waals surface area contributed by atoms with Gasteiger partial charge in [-0.25, -0.2) is 4.79 Å². The average molecular weight is 325 g/mol. The molecule has 0 aliphatic carbocycles. The summed E-state index contributed by atoms with van der Waals surface area (Å²) in [6.45, 7) is 4.00. The van der Waals surface area contributed by atoms with E-state index in [0.717, 1.165) is 22.3 Å². The molecule has 1 unspecified atom stereocenters. The van der Waals surface area contributed by atoms with E-state index in [9.17, 15) is 9.59 Å². The first-order valence-electron chi connectivity index (χ1n) is 7.96. The standard InChI is InChI=1S/C20H23NO3/c1-14-9-15(2)11-17(10-14)13-19(22)21-18(20(23)24-3)12-16-7-5-4-6-8-16/h4-11,18H,12-13H2,1-3H3,(H,21,22). The highest BCUT2D eigenvalue weighted by Gasteiger charge is 2.22. The summed E-state index contributed by atoms with van der Waals surface area (Å²) >= 11 is 0. The SMILES string of the molecule is COC(=O)C(Cc1ccccc1)NC(=O)Cc1cc(C)cc(C)c1. The first-order chi connectivity index (χ1) is 11.5. The Hall–Kier alpha value is -2.62. The molecule has 0 radical (unpaired) electrons. The van der Waals surface area contributed by atoms with Crippen molar-refractivity contribution < 1.29 is 14.3 Å². The van der Waals surface area contributed by atoms with E-state index in [4.69, 9.17) is 4.74 Å². The molecule has 1 atom stereocenters. The number of aryl methyl sites for hydroxylation is 2. The highest BCUT2D eigenvalue weighted by molar-refractivity contribution is 5.85. The Morgan fingerprint density at radius 1 is 1.00 bits per heavy atom. The second kappa shape index (κ2) is 8.29. The maximum absolute atomic E-state index is 12.3. The fourth-order valence-corrected chi connectivity index (χ4v) is 2.79. The summed E-state index contributed by atoms with van der Waals surface area (Å²) in [5.74, 6) is -0.626. The number of carbonyl (C=O) groups is 2. The highest BCUT2D eigenvalue weighted by atomic mass is 16.5. The highest BCUT2D eigenvalue weighted by Crippen LogP contribution is 2.10. The van der Waals surface area contributed by atoms with Gasteiger partial charge in [-0.15, -0.1) is 0 Å². The van der Waals surface area contributed by atoms with E-state index in [-0.39, 0.29) is 12.3 Å². The third-order valence-electron chi connectivity index (χ3n) is 3.75. The molecule has 0 aromatic heterocycles. The topological polar surface area (TPSA) is 55.4 Å². The Labute approximate surface area is 142 Å². The third-order valence-corrected chi connectivity index (χ3v) is 3.75. The van der Waals surface area contributed by atoms with Crippen molar-refractivity contribution in [1.29, 1.82) is 0 Å². The van der Waals surface area contributed by atoms with Gasteiger partial charge in [-0.1, -0.05) is 59.7 Å². The lowest BCUT2D eigenvalue weighted by molar-refractivity contribution is -0.145. The minimum absolute atomic E-state index is 0.189. The van der Waals surface area contributed by atoms with Gasteiger partial charge >= 0.3 is 5.97 Å². The number of benzene rings is 2. The van der Waals surface area contributed by atoms with E-state index >= 15 is 0 Å². The number of ether oxygens (including phenoxy) is 1. The van der Waals surface area contributed by atoms with Crippen LogP contribution in [-0.2, 0) is 27.2 Å². The van der Waals surface area contributed by atoms with E-state index in [1.54, 1.807) is 0 Å². The zero-order chi connectivity index (χ0) is 17.5. The Morgan fingerprint density at radius 2 is 1.62 bits per heavy atom. The quantitative estimate of drug-likeness (QED) is 0.831. The van der Waals surface area contributed by atoms with Gasteiger partial charge in [-0.05, 0) is 25.0 Å². The average Bonchev–Trinajstić information content (AvgIpc) is 2.53. The molecule has 126 valence electrons. The van der Waals surface area contributed by atoms with Gasteiger partial charge in [0.25, 0.3) is 0 Å². The predicted octanol–water partition coefficient (Wildman–Crippen LogP) is 2.75. The number of amides is 1. The van der Waals surface area contributed by atoms with Gasteiger partial charge in [0.15, 0.2) is 0 Å². The van der Waals surface area contributed by atoms with Crippen molar-refractivity contribution in [3.8, 4) is 0 Å². The van der Waals surface area contributed by atoms with Crippen LogP contribution in [0.5, 0.6) is 0 Å². The van der Waals surface area contributed by atoms with E-state index in [2.05, 4.69) is 11.4 Å². The molecule has 0 fully saturated rings. The second-order valence-corrected chi connectivity index (χ2v) is 6.01. The second-order valence-electron chi connectivity index (χ2n) is 6.01. The Morgan fingerprint density at radius 3 is 2.21 bits per heavy atom. The van der Waals surface area contributed by atoms with Crippen LogP contribution in [-0.4, -0.2) is 25.0 Å². The minimum atomic E-state index is -0.684. The lowest BCUT2D eigenvalue weighted by Crippen LogP contribution is -2.43. The third kappa shape index (κ3) is 5.23. The smallest absolute Gasteiger partial charge is 0.328 e. The zero-order valence-corrected chi connectivity index (χ0v) is 14.3. The summed E-state index contributed by atoms with van der Waals surface area (Å²) in [5.41, 5.74) is 4.14. The van der Waals surface area contributed by atoms with Crippen LogP contribution in [0.15, 0.2) is 48.5 Å². The van der Waals surface area contributed by atoms with Crippen molar-refractivity contribution in [3.63, 3.8) is 0 Å². The van der Waals surface area contributed by atoms with Crippen LogP contribution >= 0.6 is 0 Å². The van der Waals surface area contributed by atoms with Crippen molar-refractivity contribution in [2.45, 2.75) is 32.7 Å². The summed E-state index contributed by atoms with van der Waals surface area (Å²) in [6.07, 6.45) is 0.650. The molecule has 0 spiro atoms. The number of rotatable bonds is 6. The van der Waals surface area contributed by atoms with Crippen LogP contribution in [0.25, 0.3) is 0 Å². The van der Waals surface area contributed by atoms with Crippen LogP contribution in [0, 0.1) is 13.8 Å². The summed E-state index contributed by atoms with van der Waals surface area (Å²) in [5, 5.41) is 2.79. The molecule has 2 aromatic carbocycles. The summed E-state index contributed by atoms with van der Waals surface area (Å²) in [4.78, 5) is 24.3. The van der Waals surface area contributed by atoms with E-state index in [0.29, 0.717) is 6.42 Å². The fraction of sp³-hybridized carbons (Fsp3) is 0.300. The van der Waals surface area contributed by atoms with Crippen molar-refractivity contribution in [3.05, 3.63) is 70.8 Å². The van der Waals surface area contributed by atoms with Crippen LogP contribution in [0.2, 0.25) is 0 Å². The van der Waals surface area contributed by atoms with Crippen LogP contribution in [0.3, 0.4) is 0 Å². The monoisotopic (exact) mass is 325 g/mol. The van der Waals surface area contributed by atoms with Gasteiger partial charge in [0, 0.05) is 6.42 Å². The van der Waals surface area contributed by atoms with Gasteiger partial charge < -0.3 is 10.1 Å². The minimum Gasteiger partial charge on any atom is -0.467 e. The first-order valence-corrected chi connectivity index (χ1v) is 7.96. The molecule has 0 heterocycles. The van der Waals surface area contributed by atoms with Gasteiger partial charge in [0.1, 0.15) is 6.04 Å². The van der Waals surface area contributed by atoms with Gasteiger partial charge in [0.05, 0.1) is 13.5 Å². The number of hydrogen-bond acceptors (Lipinski definition) is 3. The lowest BCUT2D eigenvalue weighted by atomic mass is 10.0. The molecule has 1 amide bonds. The van der Waals surface area contributed by atoms with E-state index in [1.807, 2.05) is 56.3 Å². The van der Waals surface area contributed by atoms with Crippen LogP contribution in [0.1, 0.15) is 22.3 Å². The molecule has 2 aromatic rings. The van der Waals surface area contributed by atoms with Crippen LogP contribution in [0.4, 0.5) is 0 Å². The Balaban J connectivity index is 2.05. The fourth-order valence-electron chi connectivity index (χ4n) is 2.79. The summed E-state index contributed by atoms with van der Waals surface area (Å²) in [7, 11) is 1.33. The molecule has 4 heteroatoms. The number of hydrogen-bond donors (Lipinski definition) is 1. The van der Waals surface area contributed by atoms with E-state index in [1.165, 1.54) is 7.11 Å². The zero-order valence-electron chi connectivity index (χ0n) is 14.3. The normalized spacial score (nSPS) is 11.6. The van der Waals surface area contributed by atoms with Crippen LogP contribution < -0.4 is 5.32 Å². The maximum Gasteiger partial charge on any atom is 0.328 e. The largest absolute Gasteiger partial charge is 0.467 e. The van der Waals surface area contributed by atoms with Gasteiger partial charge in [0.2, 0.25) is 5.91 Å². The molecule has 0 saturated carbocycles. The molecule has 0 aliphatic heterocycles. The van der Waals surface area contributed by atoms with Gasteiger partial charge in [-0.3, -0.25) is 4.79 Å². The molecule has 24 heavy (non-hydrogen) atoms. The number of esters is 1. The molecular weight excluding hydrogens is 302 g/mol. The van der Waals surface area contributed by atoms with Gasteiger partial charge in [-0.2, -0.15) is 0 Å². The molecule has 2 rings (SSSR count).